The first kappa shape index (κ1) is 14.4. The highest BCUT2D eigenvalue weighted by atomic mass is 16.5. The first-order valence-corrected chi connectivity index (χ1v) is 6.58. The number of nitrogens with one attached hydrogen (secondary N) is 3. The molecular weight excluding hydrogens is 300 g/mol. The van der Waals surface area contributed by atoms with E-state index in [-0.39, 0.29) is 5.82 Å². The van der Waals surface area contributed by atoms with Crippen LogP contribution in [0.5, 0.6) is 5.75 Å². The number of nitrogens with zero attached hydrogens (tertiary/aromatic N) is 3. The van der Waals surface area contributed by atoms with Crippen LogP contribution in [0.25, 0.3) is 11.2 Å². The van der Waals surface area contributed by atoms with E-state index in [1.54, 1.807) is 24.3 Å². The van der Waals surface area contributed by atoms with Crippen LogP contribution in [0, 0.1) is 0 Å². The van der Waals surface area contributed by atoms with E-state index in [2.05, 4.69) is 30.6 Å². The number of rotatable bonds is 3. The van der Waals surface area contributed by atoms with E-state index in [1.165, 1.54) is 19.8 Å². The third-order valence-corrected chi connectivity index (χ3v) is 3.03. The molecule has 3 N–H and O–H groups in total. The molecule has 0 aliphatic carbocycles. The Morgan fingerprint density at radius 3 is 2.65 bits per heavy atom. The molecule has 0 saturated heterocycles. The quantitative estimate of drug-likeness (QED) is 0.670. The van der Waals surface area contributed by atoms with Crippen molar-refractivity contribution in [1.29, 1.82) is 0 Å². The first-order chi connectivity index (χ1) is 11.2. The van der Waals surface area contributed by atoms with Gasteiger partial charge in [0.15, 0.2) is 11.5 Å². The van der Waals surface area contributed by atoms with E-state index in [9.17, 15) is 9.59 Å². The summed E-state index contributed by atoms with van der Waals surface area (Å²) in [5, 5.41) is 4.69. The molecule has 9 heteroatoms. The second-order valence-corrected chi connectivity index (χ2v) is 4.46. The van der Waals surface area contributed by atoms with Crippen LogP contribution in [-0.2, 0) is 0 Å². The zero-order valence-corrected chi connectivity index (χ0v) is 12.0. The molecule has 3 amide bonds. The molecule has 2 aromatic heterocycles. The van der Waals surface area contributed by atoms with Gasteiger partial charge in [0.05, 0.1) is 13.4 Å². The lowest BCUT2D eigenvalue weighted by molar-refractivity contribution is 0.0967. The highest BCUT2D eigenvalue weighted by Crippen LogP contribution is 2.14. The number of ether oxygens (including phenoxy) is 1. The molecule has 23 heavy (non-hydrogen) atoms. The van der Waals surface area contributed by atoms with Crippen molar-refractivity contribution in [1.82, 2.24) is 25.3 Å². The van der Waals surface area contributed by atoms with Crippen molar-refractivity contribution in [3.63, 3.8) is 0 Å². The monoisotopic (exact) mass is 312 g/mol. The first-order valence-electron chi connectivity index (χ1n) is 6.58. The molecule has 116 valence electrons. The number of hydrogen-bond acceptors (Lipinski definition) is 6. The average molecular weight is 312 g/mol. The number of anilines is 1. The van der Waals surface area contributed by atoms with Crippen molar-refractivity contribution in [2.75, 3.05) is 12.4 Å². The number of carbonyl (C=O) groups excluding carboxylic acids is 2. The van der Waals surface area contributed by atoms with Gasteiger partial charge in [0, 0.05) is 5.56 Å². The highest BCUT2D eigenvalue weighted by Gasteiger charge is 2.13. The number of methoxy groups -OCH3 is 1. The number of H-pyrrole nitrogens is 1. The summed E-state index contributed by atoms with van der Waals surface area (Å²) in [5.41, 5.74) is 1.21. The van der Waals surface area contributed by atoms with Crippen LogP contribution in [0.4, 0.5) is 10.6 Å². The number of amides is 3. The summed E-state index contributed by atoms with van der Waals surface area (Å²) >= 11 is 0. The van der Waals surface area contributed by atoms with Gasteiger partial charge in [-0.2, -0.15) is 0 Å². The molecule has 0 fully saturated rings. The van der Waals surface area contributed by atoms with Crippen molar-refractivity contribution < 1.29 is 14.3 Å². The maximum Gasteiger partial charge on any atom is 0.327 e. The van der Waals surface area contributed by atoms with Crippen molar-refractivity contribution in [2.45, 2.75) is 0 Å². The molecular formula is C14H12N6O3. The van der Waals surface area contributed by atoms with Crippen LogP contribution in [0.1, 0.15) is 10.4 Å². The summed E-state index contributed by atoms with van der Waals surface area (Å²) in [4.78, 5) is 38.6. The molecule has 0 spiro atoms. The predicted octanol–water partition coefficient (Wildman–Crippen LogP) is 1.32. The summed E-state index contributed by atoms with van der Waals surface area (Å²) < 4.78 is 5.01. The molecule has 0 bridgehead atoms. The lowest BCUT2D eigenvalue weighted by Crippen LogP contribution is -2.34. The maximum atomic E-state index is 12.0. The molecule has 3 rings (SSSR count). The van der Waals surface area contributed by atoms with Crippen molar-refractivity contribution >= 4 is 28.9 Å². The molecule has 1 aromatic carbocycles. The lowest BCUT2D eigenvalue weighted by Gasteiger charge is -2.07. The summed E-state index contributed by atoms with van der Waals surface area (Å²) in [6.07, 6.45) is 2.70. The summed E-state index contributed by atoms with van der Waals surface area (Å²) in [7, 11) is 1.53. The van der Waals surface area contributed by atoms with E-state index >= 15 is 0 Å². The van der Waals surface area contributed by atoms with Gasteiger partial charge in [-0.1, -0.05) is 0 Å². The predicted molar refractivity (Wildman–Crippen MR) is 81.2 cm³/mol. The number of imidazole rings is 1. The Morgan fingerprint density at radius 2 is 1.91 bits per heavy atom. The third-order valence-electron chi connectivity index (χ3n) is 3.03. The van der Waals surface area contributed by atoms with Crippen molar-refractivity contribution in [2.24, 2.45) is 0 Å². The number of fused-ring (bicyclic) bond motifs is 1. The Balaban J connectivity index is 1.69. The van der Waals surface area contributed by atoms with E-state index in [1.807, 2.05) is 0 Å². The van der Waals surface area contributed by atoms with Crippen LogP contribution < -0.4 is 15.4 Å². The number of benzene rings is 1. The van der Waals surface area contributed by atoms with Gasteiger partial charge in [-0.25, -0.2) is 19.7 Å². The Labute approximate surface area is 130 Å². The fourth-order valence-electron chi connectivity index (χ4n) is 1.92. The zero-order valence-electron chi connectivity index (χ0n) is 12.0. The Morgan fingerprint density at radius 1 is 1.13 bits per heavy atom. The van der Waals surface area contributed by atoms with E-state index in [0.29, 0.717) is 22.5 Å². The maximum absolute atomic E-state index is 12.0. The Bertz CT molecular complexity index is 858. The Hall–Kier alpha value is -3.49. The normalized spacial score (nSPS) is 10.3. The second-order valence-electron chi connectivity index (χ2n) is 4.46. The molecule has 0 atom stereocenters. The smallest absolute Gasteiger partial charge is 0.327 e. The summed E-state index contributed by atoms with van der Waals surface area (Å²) in [5.74, 6) is 0.307. The van der Waals surface area contributed by atoms with Gasteiger partial charge in [0.1, 0.15) is 17.6 Å². The molecule has 9 nitrogen and oxygen atoms in total. The number of carbonyl (C=O) groups is 2. The lowest BCUT2D eigenvalue weighted by atomic mass is 10.2. The largest absolute Gasteiger partial charge is 0.497 e. The van der Waals surface area contributed by atoms with Gasteiger partial charge in [-0.15, -0.1) is 0 Å². The van der Waals surface area contributed by atoms with Gasteiger partial charge in [-0.05, 0) is 24.3 Å². The van der Waals surface area contributed by atoms with Crippen LogP contribution in [-0.4, -0.2) is 39.0 Å². The summed E-state index contributed by atoms with van der Waals surface area (Å²) in [6.45, 7) is 0. The fraction of sp³-hybridized carbons (Fsp3) is 0.0714. The van der Waals surface area contributed by atoms with Crippen LogP contribution in [0.15, 0.2) is 36.9 Å². The second kappa shape index (κ2) is 6.10. The number of urea groups is 1. The molecule has 2 heterocycles. The molecule has 0 radical (unpaired) electrons. The van der Waals surface area contributed by atoms with E-state index in [4.69, 9.17) is 4.74 Å². The van der Waals surface area contributed by atoms with Crippen LogP contribution in [0.3, 0.4) is 0 Å². The van der Waals surface area contributed by atoms with Gasteiger partial charge >= 0.3 is 6.03 Å². The molecule has 0 unspecified atom stereocenters. The van der Waals surface area contributed by atoms with Crippen molar-refractivity contribution in [3.05, 3.63) is 42.5 Å². The van der Waals surface area contributed by atoms with Gasteiger partial charge in [-0.3, -0.25) is 15.4 Å². The fourth-order valence-corrected chi connectivity index (χ4v) is 1.92. The van der Waals surface area contributed by atoms with E-state index in [0.717, 1.165) is 0 Å². The third kappa shape index (κ3) is 3.07. The van der Waals surface area contributed by atoms with Gasteiger partial charge in [0.2, 0.25) is 0 Å². The number of imide groups is 1. The van der Waals surface area contributed by atoms with Gasteiger partial charge < -0.3 is 9.72 Å². The van der Waals surface area contributed by atoms with Crippen molar-refractivity contribution in [3.8, 4) is 5.75 Å². The molecule has 3 aromatic rings. The number of aromatic nitrogens is 4. The number of hydrogen-bond donors (Lipinski definition) is 3. The van der Waals surface area contributed by atoms with Crippen LogP contribution in [0.2, 0.25) is 0 Å². The standard InChI is InChI=1S/C14H12N6O3/c1-23-9-4-2-8(3-5-9)13(21)20-14(22)19-12-10-11(16-6-15-10)17-7-18-12/h2-7H,1H3,(H3,15,16,17,18,19,20,21,22). The minimum atomic E-state index is -0.708. The van der Waals surface area contributed by atoms with Crippen LogP contribution >= 0.6 is 0 Å². The minimum Gasteiger partial charge on any atom is -0.497 e. The minimum absolute atomic E-state index is 0.229. The summed E-state index contributed by atoms with van der Waals surface area (Å²) in [6, 6.07) is 5.66. The van der Waals surface area contributed by atoms with E-state index < -0.39 is 11.9 Å². The molecule has 0 aliphatic heterocycles. The molecule has 0 saturated carbocycles. The topological polar surface area (TPSA) is 122 Å². The number of aromatic amines is 1. The average Bonchev–Trinajstić information content (AvgIpc) is 3.04. The highest BCUT2D eigenvalue weighted by molar-refractivity contribution is 6.09. The SMILES string of the molecule is COc1ccc(C(=O)NC(=O)Nc2ncnc3nc[nH]c23)cc1. The molecule has 0 aliphatic rings. The van der Waals surface area contributed by atoms with Gasteiger partial charge in [0.25, 0.3) is 5.91 Å². The Kier molecular flexibility index (Phi) is 3.83. The zero-order chi connectivity index (χ0) is 16.2.